The number of amides is 3. The molecule has 0 aliphatic carbocycles. The molecule has 7 heteroatoms. The van der Waals surface area contributed by atoms with E-state index in [0.29, 0.717) is 15.6 Å². The van der Waals surface area contributed by atoms with Gasteiger partial charge in [0.2, 0.25) is 5.91 Å². The Kier molecular flexibility index (Phi) is 5.11. The number of nitrogen functional groups attached to an aromatic ring is 1. The quantitative estimate of drug-likeness (QED) is 0.575. The maximum atomic E-state index is 11.3. The zero-order valence-electron chi connectivity index (χ0n) is 9.12. The van der Waals surface area contributed by atoms with Gasteiger partial charge in [-0.3, -0.25) is 10.1 Å². The summed E-state index contributed by atoms with van der Waals surface area (Å²) >= 11 is 7.12. The zero-order valence-corrected chi connectivity index (χ0v) is 10.7. The molecule has 0 aliphatic heterocycles. The van der Waals surface area contributed by atoms with E-state index in [2.05, 4.69) is 10.6 Å². The van der Waals surface area contributed by atoms with Crippen LogP contribution in [-0.2, 0) is 4.79 Å². The predicted molar refractivity (Wildman–Crippen MR) is 69.2 cm³/mol. The average Bonchev–Trinajstić information content (AvgIpc) is 2.28. The summed E-state index contributed by atoms with van der Waals surface area (Å²) in [4.78, 5) is 22.8. The molecular formula is C10H12ClN3O2S. The summed E-state index contributed by atoms with van der Waals surface area (Å²) in [6.45, 7) is 0. The molecule has 92 valence electrons. The molecule has 3 amide bonds. The number of rotatable bonds is 3. The molecule has 0 aliphatic rings. The van der Waals surface area contributed by atoms with Crippen LogP contribution in [0.15, 0.2) is 23.1 Å². The van der Waals surface area contributed by atoms with Gasteiger partial charge in [0.25, 0.3) is 0 Å². The maximum Gasteiger partial charge on any atom is 0.321 e. The topological polar surface area (TPSA) is 84.2 Å². The Morgan fingerprint density at radius 2 is 2.18 bits per heavy atom. The van der Waals surface area contributed by atoms with Crippen molar-refractivity contribution in [3.63, 3.8) is 0 Å². The molecule has 0 aromatic heterocycles. The van der Waals surface area contributed by atoms with Gasteiger partial charge in [-0.1, -0.05) is 17.7 Å². The van der Waals surface area contributed by atoms with E-state index in [-0.39, 0.29) is 5.75 Å². The summed E-state index contributed by atoms with van der Waals surface area (Å²) in [5.74, 6) is -0.338. The number of imide groups is 1. The van der Waals surface area contributed by atoms with Crippen molar-refractivity contribution in [2.45, 2.75) is 4.90 Å². The molecule has 1 aromatic carbocycles. The molecule has 5 nitrogen and oxygen atoms in total. The van der Waals surface area contributed by atoms with Gasteiger partial charge in [-0.25, -0.2) is 4.79 Å². The predicted octanol–water partition coefficient (Wildman–Crippen LogP) is 1.47. The van der Waals surface area contributed by atoms with Crippen molar-refractivity contribution in [3.8, 4) is 0 Å². The van der Waals surface area contributed by atoms with E-state index in [1.54, 1.807) is 18.2 Å². The van der Waals surface area contributed by atoms with Crippen molar-refractivity contribution < 1.29 is 9.59 Å². The van der Waals surface area contributed by atoms with Gasteiger partial charge in [0.05, 0.1) is 10.8 Å². The van der Waals surface area contributed by atoms with Gasteiger partial charge in [0.1, 0.15) is 0 Å². The standard InChI is InChI=1S/C10H12ClN3O2S/c1-13-10(16)14-8(15)5-17-9-6(11)3-2-4-7(9)12/h2-4H,5,12H2,1H3,(H2,13,14,15,16). The van der Waals surface area contributed by atoms with Crippen LogP contribution in [0.4, 0.5) is 10.5 Å². The molecular weight excluding hydrogens is 262 g/mol. The molecule has 0 bridgehead atoms. The number of anilines is 1. The van der Waals surface area contributed by atoms with Crippen LogP contribution in [0.25, 0.3) is 0 Å². The van der Waals surface area contributed by atoms with Crippen molar-refractivity contribution in [1.29, 1.82) is 0 Å². The first-order valence-corrected chi connectivity index (χ1v) is 6.09. The highest BCUT2D eigenvalue weighted by Gasteiger charge is 2.10. The van der Waals surface area contributed by atoms with Gasteiger partial charge in [0.15, 0.2) is 0 Å². The number of nitrogens with one attached hydrogen (secondary N) is 2. The molecule has 0 unspecified atom stereocenters. The van der Waals surface area contributed by atoms with E-state index in [1.807, 2.05) is 0 Å². The minimum Gasteiger partial charge on any atom is -0.398 e. The van der Waals surface area contributed by atoms with Crippen LogP contribution in [0.5, 0.6) is 0 Å². The molecule has 1 aromatic rings. The Hall–Kier alpha value is -1.40. The molecule has 0 saturated heterocycles. The number of thioether (sulfide) groups is 1. The molecule has 17 heavy (non-hydrogen) atoms. The summed E-state index contributed by atoms with van der Waals surface area (Å²) in [6.07, 6.45) is 0. The average molecular weight is 274 g/mol. The highest BCUT2D eigenvalue weighted by Crippen LogP contribution is 2.32. The maximum absolute atomic E-state index is 11.3. The van der Waals surface area contributed by atoms with Crippen molar-refractivity contribution >= 4 is 41.0 Å². The number of urea groups is 1. The number of carbonyl (C=O) groups excluding carboxylic acids is 2. The minimum absolute atomic E-state index is 0.0708. The Balaban J connectivity index is 2.56. The van der Waals surface area contributed by atoms with Crippen LogP contribution in [0.3, 0.4) is 0 Å². The van der Waals surface area contributed by atoms with Gasteiger partial charge < -0.3 is 11.1 Å². The summed E-state index contributed by atoms with van der Waals surface area (Å²) in [5.41, 5.74) is 6.23. The second-order valence-electron chi connectivity index (χ2n) is 3.07. The van der Waals surface area contributed by atoms with Crippen LogP contribution in [0, 0.1) is 0 Å². The largest absolute Gasteiger partial charge is 0.398 e. The summed E-state index contributed by atoms with van der Waals surface area (Å²) in [5, 5.41) is 4.92. The van der Waals surface area contributed by atoms with E-state index < -0.39 is 11.9 Å². The Morgan fingerprint density at radius 1 is 1.47 bits per heavy atom. The number of nitrogens with two attached hydrogens (primary N) is 1. The van der Waals surface area contributed by atoms with Crippen molar-refractivity contribution in [2.75, 3.05) is 18.5 Å². The minimum atomic E-state index is -0.539. The van der Waals surface area contributed by atoms with Crippen molar-refractivity contribution in [3.05, 3.63) is 23.2 Å². The first-order chi connectivity index (χ1) is 8.04. The van der Waals surface area contributed by atoms with Crippen LogP contribution in [0.1, 0.15) is 0 Å². The third-order valence-electron chi connectivity index (χ3n) is 1.83. The first-order valence-electron chi connectivity index (χ1n) is 4.73. The third-order valence-corrected chi connectivity index (χ3v) is 3.40. The lowest BCUT2D eigenvalue weighted by molar-refractivity contribution is -0.117. The van der Waals surface area contributed by atoms with E-state index in [0.717, 1.165) is 0 Å². The van der Waals surface area contributed by atoms with Crippen molar-refractivity contribution in [1.82, 2.24) is 10.6 Å². The second kappa shape index (κ2) is 6.36. The molecule has 0 saturated carbocycles. The van der Waals surface area contributed by atoms with Gasteiger partial charge in [0, 0.05) is 17.6 Å². The number of hydrogen-bond acceptors (Lipinski definition) is 4. The molecule has 4 N–H and O–H groups in total. The lowest BCUT2D eigenvalue weighted by Crippen LogP contribution is -2.38. The second-order valence-corrected chi connectivity index (χ2v) is 4.47. The fourth-order valence-electron chi connectivity index (χ4n) is 1.04. The number of hydrogen-bond donors (Lipinski definition) is 3. The fraction of sp³-hybridized carbons (Fsp3) is 0.200. The highest BCUT2D eigenvalue weighted by molar-refractivity contribution is 8.00. The Morgan fingerprint density at radius 3 is 2.76 bits per heavy atom. The van der Waals surface area contributed by atoms with E-state index in [4.69, 9.17) is 17.3 Å². The van der Waals surface area contributed by atoms with E-state index in [1.165, 1.54) is 18.8 Å². The summed E-state index contributed by atoms with van der Waals surface area (Å²) in [6, 6.07) is 4.58. The lowest BCUT2D eigenvalue weighted by atomic mass is 10.3. The Labute approximate surface area is 108 Å². The lowest BCUT2D eigenvalue weighted by Gasteiger charge is -2.07. The summed E-state index contributed by atoms with van der Waals surface area (Å²) < 4.78 is 0. The van der Waals surface area contributed by atoms with Crippen LogP contribution < -0.4 is 16.4 Å². The number of halogens is 1. The molecule has 1 rings (SSSR count). The SMILES string of the molecule is CNC(=O)NC(=O)CSc1c(N)cccc1Cl. The van der Waals surface area contributed by atoms with E-state index >= 15 is 0 Å². The Bertz CT molecular complexity index is 419. The first kappa shape index (κ1) is 13.7. The molecule has 0 fully saturated rings. The van der Waals surface area contributed by atoms with Gasteiger partial charge in [-0.2, -0.15) is 0 Å². The highest BCUT2D eigenvalue weighted by atomic mass is 35.5. The summed E-state index contributed by atoms with van der Waals surface area (Å²) in [7, 11) is 1.43. The number of carbonyl (C=O) groups is 2. The number of benzene rings is 1. The van der Waals surface area contributed by atoms with E-state index in [9.17, 15) is 9.59 Å². The third kappa shape index (κ3) is 4.16. The molecule has 0 radical (unpaired) electrons. The molecule has 0 heterocycles. The van der Waals surface area contributed by atoms with Gasteiger partial charge >= 0.3 is 6.03 Å². The van der Waals surface area contributed by atoms with Gasteiger partial charge in [-0.05, 0) is 12.1 Å². The van der Waals surface area contributed by atoms with Crippen LogP contribution >= 0.6 is 23.4 Å². The van der Waals surface area contributed by atoms with Gasteiger partial charge in [-0.15, -0.1) is 11.8 Å². The molecule has 0 atom stereocenters. The fourth-order valence-corrected chi connectivity index (χ4v) is 2.17. The van der Waals surface area contributed by atoms with Crippen molar-refractivity contribution in [2.24, 2.45) is 0 Å². The normalized spacial score (nSPS) is 9.76. The molecule has 0 spiro atoms. The zero-order chi connectivity index (χ0) is 12.8. The smallest absolute Gasteiger partial charge is 0.321 e. The van der Waals surface area contributed by atoms with Crippen LogP contribution in [0.2, 0.25) is 5.02 Å². The van der Waals surface area contributed by atoms with Crippen LogP contribution in [-0.4, -0.2) is 24.7 Å². The monoisotopic (exact) mass is 273 g/mol.